The number of aliphatic hydroxyl groups is 2. The Morgan fingerprint density at radius 3 is 2.46 bits per heavy atom. The molecule has 1 heterocycles. The van der Waals surface area contributed by atoms with Gasteiger partial charge in [-0.25, -0.2) is 13.1 Å². The lowest BCUT2D eigenvalue weighted by Gasteiger charge is -2.19. The van der Waals surface area contributed by atoms with Crippen LogP contribution in [0.15, 0.2) is 85.1 Å². The van der Waals surface area contributed by atoms with E-state index in [1.165, 1.54) is 19.1 Å². The molecule has 1 amide bonds. The number of nitrogens with zero attached hydrogens (tertiary/aromatic N) is 1. The molecule has 4 rings (SSSR count). The maximum Gasteiger partial charge on any atom is 0.264 e. The fourth-order valence-electron chi connectivity index (χ4n) is 4.00. The highest BCUT2D eigenvalue weighted by Gasteiger charge is 2.16. The van der Waals surface area contributed by atoms with Gasteiger partial charge in [0.2, 0.25) is 10.0 Å². The molecule has 11 heteroatoms. The molecule has 0 bridgehead atoms. The molecule has 0 spiro atoms. The average molecular weight is 580 g/mol. The van der Waals surface area contributed by atoms with Gasteiger partial charge in [0.25, 0.3) is 5.91 Å². The van der Waals surface area contributed by atoms with E-state index in [2.05, 4.69) is 10.3 Å². The highest BCUT2D eigenvalue weighted by atomic mass is 32.2. The number of hydrogen-bond acceptors (Lipinski definition) is 9. The Morgan fingerprint density at radius 2 is 1.76 bits per heavy atom. The number of fused-ring (bicyclic) bond motifs is 1. The number of benzene rings is 3. The van der Waals surface area contributed by atoms with Crippen molar-refractivity contribution in [3.05, 3.63) is 96.2 Å². The largest absolute Gasteiger partial charge is 0.491 e. The summed E-state index contributed by atoms with van der Waals surface area (Å²) in [5.41, 5.74) is 1.62. The summed E-state index contributed by atoms with van der Waals surface area (Å²) in [6.45, 7) is 1.76. The van der Waals surface area contributed by atoms with Crippen LogP contribution in [0.25, 0.3) is 10.9 Å². The quantitative estimate of drug-likeness (QED) is 0.177. The molecule has 41 heavy (non-hydrogen) atoms. The van der Waals surface area contributed by atoms with Crippen LogP contribution in [0.3, 0.4) is 0 Å². The summed E-state index contributed by atoms with van der Waals surface area (Å²) in [6.07, 6.45) is 1.36. The van der Waals surface area contributed by atoms with Gasteiger partial charge in [0.1, 0.15) is 30.0 Å². The summed E-state index contributed by atoms with van der Waals surface area (Å²) in [6, 6.07) is 22.8. The van der Waals surface area contributed by atoms with Gasteiger partial charge in [-0.05, 0) is 67.4 Å². The van der Waals surface area contributed by atoms with E-state index < -0.39 is 22.0 Å². The number of aromatic nitrogens is 1. The second-order valence-corrected chi connectivity index (χ2v) is 11.4. The maximum absolute atomic E-state index is 12.3. The lowest BCUT2D eigenvalue weighted by atomic mass is 10.1. The van der Waals surface area contributed by atoms with Crippen LogP contribution in [0.2, 0.25) is 0 Å². The van der Waals surface area contributed by atoms with E-state index in [9.17, 15) is 23.4 Å². The first-order valence-corrected chi connectivity index (χ1v) is 14.8. The van der Waals surface area contributed by atoms with Crippen LogP contribution >= 0.6 is 0 Å². The lowest BCUT2D eigenvalue weighted by Crippen LogP contribution is -2.41. The fourth-order valence-corrected chi connectivity index (χ4v) is 4.55. The van der Waals surface area contributed by atoms with E-state index in [1.807, 2.05) is 59.3 Å². The topological polar surface area (TPSA) is 147 Å². The van der Waals surface area contributed by atoms with E-state index in [-0.39, 0.29) is 37.1 Å². The molecule has 216 valence electrons. The lowest BCUT2D eigenvalue weighted by molar-refractivity contribution is 0.0981. The van der Waals surface area contributed by atoms with Gasteiger partial charge < -0.3 is 25.0 Å². The molecule has 2 atom stereocenters. The molecule has 0 aliphatic rings. The van der Waals surface area contributed by atoms with Crippen LogP contribution in [0.4, 0.5) is 0 Å². The van der Waals surface area contributed by atoms with Crippen LogP contribution in [-0.2, 0) is 16.4 Å². The summed E-state index contributed by atoms with van der Waals surface area (Å²) < 4.78 is 37.1. The number of aliphatic hydroxyl groups excluding tert-OH is 2. The van der Waals surface area contributed by atoms with E-state index in [0.29, 0.717) is 34.6 Å². The first-order valence-electron chi connectivity index (χ1n) is 13.2. The molecular formula is C30H33N3O7S. The summed E-state index contributed by atoms with van der Waals surface area (Å²) in [7, 11) is -3.68. The molecule has 4 N–H and O–H groups in total. The van der Waals surface area contributed by atoms with Gasteiger partial charge in [0.05, 0.1) is 17.9 Å². The number of pyridine rings is 1. The zero-order chi connectivity index (χ0) is 29.2. The molecular weight excluding hydrogens is 546 g/mol. The minimum Gasteiger partial charge on any atom is -0.491 e. The zero-order valence-corrected chi connectivity index (χ0v) is 23.4. The highest BCUT2D eigenvalue weighted by Crippen LogP contribution is 2.29. The Kier molecular flexibility index (Phi) is 10.3. The maximum atomic E-state index is 12.3. The van der Waals surface area contributed by atoms with Gasteiger partial charge in [0.15, 0.2) is 0 Å². The third-order valence-electron chi connectivity index (χ3n) is 6.27. The SMILES string of the molecule is CCS(=O)(=O)NC(=O)c1ccc2c(Oc3ccc(C[C@@H](CO)NC[C@H](O)COc4ccccc4)cc3)ccnc2c1. The average Bonchev–Trinajstić information content (AvgIpc) is 2.99. The van der Waals surface area contributed by atoms with Crippen LogP contribution in [0, 0.1) is 0 Å². The van der Waals surface area contributed by atoms with Crippen molar-refractivity contribution in [1.82, 2.24) is 15.0 Å². The number of hydrogen-bond donors (Lipinski definition) is 4. The smallest absolute Gasteiger partial charge is 0.264 e. The molecule has 0 fully saturated rings. The first-order chi connectivity index (χ1) is 19.8. The summed E-state index contributed by atoms with van der Waals surface area (Å²) in [5, 5.41) is 23.9. The molecule has 0 unspecified atom stereocenters. The Bertz CT molecular complexity index is 1550. The zero-order valence-electron chi connectivity index (χ0n) is 22.6. The Morgan fingerprint density at radius 1 is 1.00 bits per heavy atom. The molecule has 4 aromatic rings. The molecule has 10 nitrogen and oxygen atoms in total. The Hall–Kier alpha value is -4.03. The number of carbonyl (C=O) groups is 1. The Labute approximate surface area is 239 Å². The van der Waals surface area contributed by atoms with Crippen molar-refractivity contribution in [3.8, 4) is 17.2 Å². The number of rotatable bonds is 14. The highest BCUT2D eigenvalue weighted by molar-refractivity contribution is 7.90. The Balaban J connectivity index is 1.33. The van der Waals surface area contributed by atoms with Crippen molar-refractivity contribution in [2.24, 2.45) is 0 Å². The number of amides is 1. The molecule has 3 aromatic carbocycles. The van der Waals surface area contributed by atoms with Crippen molar-refractivity contribution in [1.29, 1.82) is 0 Å². The van der Waals surface area contributed by atoms with Crippen molar-refractivity contribution in [2.45, 2.75) is 25.5 Å². The number of sulfonamides is 1. The van der Waals surface area contributed by atoms with Gasteiger partial charge in [-0.2, -0.15) is 0 Å². The molecule has 0 aliphatic heterocycles. The van der Waals surface area contributed by atoms with Crippen LogP contribution < -0.4 is 19.5 Å². The van der Waals surface area contributed by atoms with Crippen LogP contribution in [0.5, 0.6) is 17.2 Å². The van der Waals surface area contributed by atoms with Gasteiger partial charge in [0, 0.05) is 29.7 Å². The summed E-state index contributed by atoms with van der Waals surface area (Å²) in [4.78, 5) is 16.6. The first kappa shape index (κ1) is 29.9. The molecule has 1 aromatic heterocycles. The van der Waals surface area contributed by atoms with Crippen molar-refractivity contribution in [2.75, 3.05) is 25.5 Å². The summed E-state index contributed by atoms with van der Waals surface area (Å²) >= 11 is 0. The number of carbonyl (C=O) groups excluding carboxylic acids is 1. The van der Waals surface area contributed by atoms with E-state index >= 15 is 0 Å². The van der Waals surface area contributed by atoms with Gasteiger partial charge in [-0.1, -0.05) is 30.3 Å². The number of ether oxygens (including phenoxy) is 2. The molecule has 0 radical (unpaired) electrons. The van der Waals surface area contributed by atoms with Gasteiger partial charge >= 0.3 is 0 Å². The minimum absolute atomic E-state index is 0.0993. The third kappa shape index (κ3) is 8.73. The number of para-hydroxylation sites is 1. The monoisotopic (exact) mass is 579 g/mol. The second kappa shape index (κ2) is 14.0. The van der Waals surface area contributed by atoms with E-state index in [4.69, 9.17) is 9.47 Å². The second-order valence-electron chi connectivity index (χ2n) is 9.39. The molecule has 0 saturated carbocycles. The standard InChI is InChI=1S/C30H33N3O7S/c1-2-41(37,38)33-30(36)22-10-13-27-28(17-22)31-15-14-29(27)40-26-11-8-21(9-12-26)16-23(19-34)32-18-24(35)20-39-25-6-4-3-5-7-25/h3-15,17,23-24,32,34-35H,2,16,18-20H2,1H3,(H,33,36)/t23-,24-/m0/s1. The predicted molar refractivity (Wildman–Crippen MR) is 156 cm³/mol. The molecule has 0 saturated heterocycles. The van der Waals surface area contributed by atoms with Gasteiger partial charge in [-0.15, -0.1) is 0 Å². The predicted octanol–water partition coefficient (Wildman–Crippen LogP) is 3.04. The summed E-state index contributed by atoms with van der Waals surface area (Å²) in [5.74, 6) is 0.871. The molecule has 0 aliphatic carbocycles. The third-order valence-corrected chi connectivity index (χ3v) is 7.53. The van der Waals surface area contributed by atoms with Crippen molar-refractivity contribution in [3.63, 3.8) is 0 Å². The number of nitrogens with one attached hydrogen (secondary N) is 2. The van der Waals surface area contributed by atoms with Crippen LogP contribution in [0.1, 0.15) is 22.8 Å². The fraction of sp³-hybridized carbons (Fsp3) is 0.267. The van der Waals surface area contributed by atoms with Crippen LogP contribution in [-0.4, -0.2) is 67.2 Å². The van der Waals surface area contributed by atoms with E-state index in [1.54, 1.807) is 18.3 Å². The van der Waals surface area contributed by atoms with E-state index in [0.717, 1.165) is 5.56 Å². The van der Waals surface area contributed by atoms with Gasteiger partial charge in [-0.3, -0.25) is 9.78 Å². The van der Waals surface area contributed by atoms with Crippen molar-refractivity contribution >= 4 is 26.8 Å². The van der Waals surface area contributed by atoms with Crippen molar-refractivity contribution < 1.29 is 32.9 Å². The minimum atomic E-state index is -3.68. The normalized spacial score (nSPS) is 13.0.